The van der Waals surface area contributed by atoms with Crippen LogP contribution in [-0.4, -0.2) is 52.1 Å². The summed E-state index contributed by atoms with van der Waals surface area (Å²) >= 11 is 0. The van der Waals surface area contributed by atoms with Crippen LogP contribution in [0.3, 0.4) is 0 Å². The first-order valence-electron chi connectivity index (χ1n) is 8.34. The minimum Gasteiger partial charge on any atom is -0.482 e. The predicted molar refractivity (Wildman–Crippen MR) is 102 cm³/mol. The van der Waals surface area contributed by atoms with Crippen molar-refractivity contribution in [3.05, 3.63) is 48.5 Å². The molecule has 0 spiro atoms. The van der Waals surface area contributed by atoms with Crippen molar-refractivity contribution in [3.8, 4) is 5.75 Å². The molecule has 158 valence electrons. The van der Waals surface area contributed by atoms with Gasteiger partial charge in [-0.25, -0.2) is 12.7 Å². The summed E-state index contributed by atoms with van der Waals surface area (Å²) in [7, 11) is -0.873. The Morgan fingerprint density at radius 2 is 1.79 bits per heavy atom. The maximum absolute atomic E-state index is 12.3. The molecule has 0 bridgehead atoms. The Labute approximate surface area is 166 Å². The maximum Gasteiger partial charge on any atom is 0.422 e. The first kappa shape index (κ1) is 22.5. The van der Waals surface area contributed by atoms with Crippen LogP contribution in [0, 0.1) is 0 Å². The van der Waals surface area contributed by atoms with Crippen molar-refractivity contribution in [3.63, 3.8) is 0 Å². The molecule has 1 amide bonds. The van der Waals surface area contributed by atoms with E-state index in [4.69, 9.17) is 4.74 Å². The number of nitrogens with one attached hydrogen (secondary N) is 2. The van der Waals surface area contributed by atoms with Gasteiger partial charge in [0.1, 0.15) is 5.75 Å². The number of amides is 1. The summed E-state index contributed by atoms with van der Waals surface area (Å²) < 4.78 is 67.1. The number of alkyl halides is 3. The minimum atomic E-state index is -4.48. The molecule has 2 aromatic rings. The number of halogens is 3. The van der Waals surface area contributed by atoms with Crippen molar-refractivity contribution in [2.45, 2.75) is 11.1 Å². The molecule has 2 N–H and O–H groups in total. The van der Waals surface area contributed by atoms with Gasteiger partial charge in [0.05, 0.1) is 17.1 Å². The summed E-state index contributed by atoms with van der Waals surface area (Å²) in [6.07, 6.45) is -4.48. The second-order valence-electron chi connectivity index (χ2n) is 6.12. The summed E-state index contributed by atoms with van der Waals surface area (Å²) in [5.74, 6) is -0.563. The first-order valence-corrected chi connectivity index (χ1v) is 9.78. The fourth-order valence-corrected chi connectivity index (χ4v) is 3.17. The summed E-state index contributed by atoms with van der Waals surface area (Å²) in [5, 5.41) is 5.24. The van der Waals surface area contributed by atoms with Gasteiger partial charge >= 0.3 is 6.18 Å². The predicted octanol–water partition coefficient (Wildman–Crippen LogP) is 2.93. The number of para-hydroxylation sites is 2. The molecule has 0 atom stereocenters. The Hall–Kier alpha value is -2.79. The van der Waals surface area contributed by atoms with E-state index in [9.17, 15) is 26.4 Å². The summed E-state index contributed by atoms with van der Waals surface area (Å²) in [6, 6.07) is 11.6. The van der Waals surface area contributed by atoms with Gasteiger partial charge in [-0.1, -0.05) is 18.2 Å². The fourth-order valence-electron chi connectivity index (χ4n) is 2.22. The van der Waals surface area contributed by atoms with Crippen LogP contribution in [0.25, 0.3) is 0 Å². The molecule has 2 aromatic carbocycles. The van der Waals surface area contributed by atoms with Crippen LogP contribution in [0.2, 0.25) is 0 Å². The third-order valence-corrected chi connectivity index (χ3v) is 5.43. The monoisotopic (exact) mass is 431 g/mol. The Balaban J connectivity index is 2.01. The Kier molecular flexibility index (Phi) is 7.09. The largest absolute Gasteiger partial charge is 0.482 e. The molecule has 11 heteroatoms. The number of anilines is 2. The number of carbonyl (C=O) groups excluding carboxylic acids is 1. The molecule has 0 aliphatic heterocycles. The lowest BCUT2D eigenvalue weighted by Crippen LogP contribution is -2.24. The van der Waals surface area contributed by atoms with Gasteiger partial charge in [-0.05, 0) is 30.3 Å². The van der Waals surface area contributed by atoms with Crippen LogP contribution in [0.1, 0.15) is 0 Å². The highest BCUT2D eigenvalue weighted by Crippen LogP contribution is 2.26. The molecule has 2 rings (SSSR count). The molecule has 0 unspecified atom stereocenters. The lowest BCUT2D eigenvalue weighted by atomic mass is 10.3. The van der Waals surface area contributed by atoms with Gasteiger partial charge in [-0.2, -0.15) is 13.2 Å². The maximum atomic E-state index is 12.3. The van der Waals surface area contributed by atoms with E-state index in [0.717, 1.165) is 4.31 Å². The highest BCUT2D eigenvalue weighted by Gasteiger charge is 2.28. The van der Waals surface area contributed by atoms with Gasteiger partial charge < -0.3 is 15.4 Å². The minimum absolute atomic E-state index is 0.0131. The van der Waals surface area contributed by atoms with E-state index in [2.05, 4.69) is 10.6 Å². The van der Waals surface area contributed by atoms with Crippen molar-refractivity contribution >= 4 is 27.3 Å². The van der Waals surface area contributed by atoms with Gasteiger partial charge in [0.2, 0.25) is 15.9 Å². The van der Waals surface area contributed by atoms with Crippen LogP contribution in [0.15, 0.2) is 53.4 Å². The van der Waals surface area contributed by atoms with E-state index in [1.54, 1.807) is 6.07 Å². The average molecular weight is 431 g/mol. The zero-order valence-corrected chi connectivity index (χ0v) is 16.5. The van der Waals surface area contributed by atoms with Crippen LogP contribution >= 0.6 is 0 Å². The van der Waals surface area contributed by atoms with Crippen LogP contribution in [-0.2, 0) is 14.8 Å². The second kappa shape index (κ2) is 9.14. The Morgan fingerprint density at radius 1 is 1.10 bits per heavy atom. The highest BCUT2D eigenvalue weighted by atomic mass is 32.2. The van der Waals surface area contributed by atoms with E-state index >= 15 is 0 Å². The molecule has 0 aromatic heterocycles. The van der Waals surface area contributed by atoms with E-state index in [1.165, 1.54) is 56.6 Å². The molecule has 7 nitrogen and oxygen atoms in total. The van der Waals surface area contributed by atoms with Crippen molar-refractivity contribution in [2.24, 2.45) is 0 Å². The molecule has 0 saturated heterocycles. The van der Waals surface area contributed by atoms with Crippen molar-refractivity contribution in [2.75, 3.05) is 37.9 Å². The van der Waals surface area contributed by atoms with Crippen LogP contribution in [0.5, 0.6) is 5.75 Å². The molecule has 0 saturated carbocycles. The number of sulfonamides is 1. The normalized spacial score (nSPS) is 11.9. The van der Waals surface area contributed by atoms with Crippen LogP contribution < -0.4 is 15.4 Å². The molecular weight excluding hydrogens is 411 g/mol. The summed E-state index contributed by atoms with van der Waals surface area (Å²) in [4.78, 5) is 12.2. The third kappa shape index (κ3) is 6.64. The smallest absolute Gasteiger partial charge is 0.422 e. The van der Waals surface area contributed by atoms with E-state index < -0.39 is 28.7 Å². The number of rotatable bonds is 8. The van der Waals surface area contributed by atoms with Gasteiger partial charge in [-0.15, -0.1) is 0 Å². The standard InChI is InChI=1S/C18H20F3N3O4S/c1-24(2)29(26,27)14-7-5-6-13(10-14)23-17(25)11-22-15-8-3-4-9-16(15)28-12-18(19,20)21/h3-10,22H,11-12H2,1-2H3,(H,23,25). The summed E-state index contributed by atoms with van der Waals surface area (Å²) in [5.41, 5.74) is 0.483. The second-order valence-corrected chi connectivity index (χ2v) is 8.27. The molecule has 0 radical (unpaired) electrons. The Morgan fingerprint density at radius 3 is 2.45 bits per heavy atom. The Bertz CT molecular complexity index is 963. The lowest BCUT2D eigenvalue weighted by molar-refractivity contribution is -0.153. The van der Waals surface area contributed by atoms with Crippen molar-refractivity contribution in [1.82, 2.24) is 4.31 Å². The molecule has 29 heavy (non-hydrogen) atoms. The van der Waals surface area contributed by atoms with Gasteiger partial charge in [0, 0.05) is 19.8 Å². The average Bonchev–Trinajstić information content (AvgIpc) is 2.65. The van der Waals surface area contributed by atoms with E-state index in [1.807, 2.05) is 0 Å². The number of hydrogen-bond donors (Lipinski definition) is 2. The quantitative estimate of drug-likeness (QED) is 0.671. The number of nitrogens with zero attached hydrogens (tertiary/aromatic N) is 1. The number of benzene rings is 2. The topological polar surface area (TPSA) is 87.7 Å². The van der Waals surface area contributed by atoms with E-state index in [0.29, 0.717) is 0 Å². The molecule has 0 aliphatic carbocycles. The van der Waals surface area contributed by atoms with Gasteiger partial charge in [0.15, 0.2) is 6.61 Å². The molecular formula is C18H20F3N3O4S. The van der Waals surface area contributed by atoms with Gasteiger partial charge in [-0.3, -0.25) is 4.79 Å². The van der Waals surface area contributed by atoms with Crippen molar-refractivity contribution in [1.29, 1.82) is 0 Å². The highest BCUT2D eigenvalue weighted by molar-refractivity contribution is 7.89. The number of carbonyl (C=O) groups is 1. The molecule has 0 heterocycles. The summed E-state index contributed by atoms with van der Waals surface area (Å²) in [6.45, 7) is -1.72. The SMILES string of the molecule is CN(C)S(=O)(=O)c1cccc(NC(=O)CNc2ccccc2OCC(F)(F)F)c1. The first-order chi connectivity index (χ1) is 13.5. The number of hydrogen-bond acceptors (Lipinski definition) is 5. The molecule has 0 aliphatic rings. The zero-order valence-electron chi connectivity index (χ0n) is 15.7. The molecule has 0 fully saturated rings. The van der Waals surface area contributed by atoms with Crippen molar-refractivity contribution < 1.29 is 31.1 Å². The fraction of sp³-hybridized carbons (Fsp3) is 0.278. The van der Waals surface area contributed by atoms with E-state index in [-0.39, 0.29) is 28.6 Å². The third-order valence-electron chi connectivity index (χ3n) is 3.61. The zero-order chi connectivity index (χ0) is 21.7. The van der Waals surface area contributed by atoms with Gasteiger partial charge in [0.25, 0.3) is 0 Å². The number of ether oxygens (including phenoxy) is 1. The van der Waals surface area contributed by atoms with Crippen LogP contribution in [0.4, 0.5) is 24.5 Å². The lowest BCUT2D eigenvalue weighted by Gasteiger charge is -2.15.